The minimum Gasteiger partial charge on any atom is -0.336 e. The first-order valence-electron chi connectivity index (χ1n) is 9.21. The summed E-state index contributed by atoms with van der Waals surface area (Å²) in [7, 11) is -3.74. The molecule has 3 aromatic rings. The Labute approximate surface area is 178 Å². The molecule has 4 rings (SSSR count). The van der Waals surface area contributed by atoms with Crippen molar-refractivity contribution in [1.29, 1.82) is 0 Å². The third-order valence-corrected chi connectivity index (χ3v) is 7.38. The van der Waals surface area contributed by atoms with E-state index in [-0.39, 0.29) is 47.8 Å². The Balaban J connectivity index is 1.49. The molecule has 1 aromatic heterocycles. The number of nitrogens with zero attached hydrogens (tertiary/aromatic N) is 3. The van der Waals surface area contributed by atoms with Gasteiger partial charge in [-0.1, -0.05) is 23.7 Å². The number of rotatable bonds is 4. The van der Waals surface area contributed by atoms with Gasteiger partial charge in [0.15, 0.2) is 0 Å². The molecule has 7 nitrogen and oxygen atoms in total. The molecule has 1 fully saturated rings. The van der Waals surface area contributed by atoms with Crippen molar-refractivity contribution in [2.45, 2.75) is 4.90 Å². The monoisotopic (exact) mass is 448 g/mol. The normalized spacial score (nSPS) is 15.3. The topological polar surface area (TPSA) is 86.4 Å². The lowest BCUT2D eigenvalue weighted by molar-refractivity contribution is 0.0698. The van der Waals surface area contributed by atoms with E-state index >= 15 is 0 Å². The first-order chi connectivity index (χ1) is 14.4. The summed E-state index contributed by atoms with van der Waals surface area (Å²) in [5.74, 6) is -0.639. The van der Waals surface area contributed by atoms with Gasteiger partial charge in [0.25, 0.3) is 5.91 Å². The molecule has 1 N–H and O–H groups in total. The van der Waals surface area contributed by atoms with Gasteiger partial charge in [0, 0.05) is 31.7 Å². The van der Waals surface area contributed by atoms with Crippen molar-refractivity contribution in [2.24, 2.45) is 0 Å². The number of benzene rings is 2. The molecule has 2 heterocycles. The second-order valence-electron chi connectivity index (χ2n) is 6.79. The van der Waals surface area contributed by atoms with Gasteiger partial charge >= 0.3 is 0 Å². The number of aromatic amines is 1. The van der Waals surface area contributed by atoms with Crippen molar-refractivity contribution in [3.05, 3.63) is 71.1 Å². The van der Waals surface area contributed by atoms with Crippen molar-refractivity contribution >= 4 is 27.5 Å². The van der Waals surface area contributed by atoms with Crippen molar-refractivity contribution in [1.82, 2.24) is 19.4 Å². The molecule has 0 atom stereocenters. The van der Waals surface area contributed by atoms with E-state index in [9.17, 15) is 17.6 Å². The van der Waals surface area contributed by atoms with Gasteiger partial charge < -0.3 is 4.90 Å². The van der Waals surface area contributed by atoms with Crippen LogP contribution in [0.1, 0.15) is 10.4 Å². The number of carbonyl (C=O) groups excluding carboxylic acids is 1. The minimum absolute atomic E-state index is 0.0554. The number of H-pyrrole nitrogens is 1. The Morgan fingerprint density at radius 3 is 2.37 bits per heavy atom. The Bertz CT molecular complexity index is 1170. The highest BCUT2D eigenvalue weighted by molar-refractivity contribution is 7.89. The maximum atomic E-state index is 13.2. The van der Waals surface area contributed by atoms with E-state index in [0.717, 1.165) is 0 Å². The Morgan fingerprint density at radius 2 is 1.70 bits per heavy atom. The number of aromatic nitrogens is 2. The second-order valence-corrected chi connectivity index (χ2v) is 9.11. The number of carbonyl (C=O) groups is 1. The second kappa shape index (κ2) is 8.17. The summed E-state index contributed by atoms with van der Waals surface area (Å²) >= 11 is 6.06. The standard InChI is InChI=1S/C20H18ClFN4O3S/c21-17-3-1-2-4-18(17)30(28,29)26-11-9-25(10-12-26)20(27)16-13-23-24-19(16)14-5-7-15(22)8-6-14/h1-8,13H,9-12H2,(H,23,24). The van der Waals surface area contributed by atoms with E-state index in [2.05, 4.69) is 10.2 Å². The Morgan fingerprint density at radius 1 is 1.03 bits per heavy atom. The van der Waals surface area contributed by atoms with Gasteiger partial charge in [-0.2, -0.15) is 9.40 Å². The first kappa shape index (κ1) is 20.5. The van der Waals surface area contributed by atoms with Crippen molar-refractivity contribution in [3.63, 3.8) is 0 Å². The first-order valence-corrected chi connectivity index (χ1v) is 11.0. The van der Waals surface area contributed by atoms with Gasteiger partial charge in [0.2, 0.25) is 10.0 Å². The predicted molar refractivity (Wildman–Crippen MR) is 110 cm³/mol. The molecule has 156 valence electrons. The molecule has 0 unspecified atom stereocenters. The fourth-order valence-corrected chi connectivity index (χ4v) is 5.30. The molecule has 10 heteroatoms. The van der Waals surface area contributed by atoms with E-state index in [4.69, 9.17) is 11.6 Å². The van der Waals surface area contributed by atoms with Crippen LogP contribution in [0.25, 0.3) is 11.3 Å². The number of hydrogen-bond acceptors (Lipinski definition) is 4. The lowest BCUT2D eigenvalue weighted by Gasteiger charge is -2.34. The van der Waals surface area contributed by atoms with Crippen LogP contribution < -0.4 is 0 Å². The van der Waals surface area contributed by atoms with Crippen molar-refractivity contribution in [2.75, 3.05) is 26.2 Å². The van der Waals surface area contributed by atoms with Crippen LogP contribution in [0, 0.1) is 5.82 Å². The third-order valence-electron chi connectivity index (χ3n) is 4.98. The number of halogens is 2. The Kier molecular flexibility index (Phi) is 5.59. The summed E-state index contributed by atoms with van der Waals surface area (Å²) in [4.78, 5) is 14.6. The highest BCUT2D eigenvalue weighted by Gasteiger charge is 2.32. The zero-order valence-corrected chi connectivity index (χ0v) is 17.3. The molecule has 1 amide bonds. The number of sulfonamides is 1. The molecule has 30 heavy (non-hydrogen) atoms. The predicted octanol–water partition coefficient (Wildman–Crippen LogP) is 3.02. The Hall–Kier alpha value is -2.75. The molecule has 1 saturated heterocycles. The molecule has 0 bridgehead atoms. The average Bonchev–Trinajstić information content (AvgIpc) is 3.24. The van der Waals surface area contributed by atoms with E-state index in [1.165, 1.54) is 34.8 Å². The van der Waals surface area contributed by atoms with Crippen molar-refractivity contribution < 1.29 is 17.6 Å². The van der Waals surface area contributed by atoms with E-state index in [0.29, 0.717) is 16.8 Å². The van der Waals surface area contributed by atoms with E-state index in [1.54, 1.807) is 29.2 Å². The van der Waals surface area contributed by atoms with Gasteiger partial charge in [-0.3, -0.25) is 9.89 Å². The largest absolute Gasteiger partial charge is 0.336 e. The van der Waals surface area contributed by atoms with Crippen LogP contribution in [-0.4, -0.2) is 59.9 Å². The molecule has 0 saturated carbocycles. The lowest BCUT2D eigenvalue weighted by atomic mass is 10.1. The molecule has 0 radical (unpaired) electrons. The zero-order chi connectivity index (χ0) is 21.3. The van der Waals surface area contributed by atoms with E-state index in [1.807, 2.05) is 0 Å². The summed E-state index contributed by atoms with van der Waals surface area (Å²) < 4.78 is 40.3. The number of piperazine rings is 1. The van der Waals surface area contributed by atoms with Gasteiger partial charge in [0.05, 0.1) is 22.5 Å². The maximum Gasteiger partial charge on any atom is 0.257 e. The van der Waals surface area contributed by atoms with Crippen molar-refractivity contribution in [3.8, 4) is 11.3 Å². The van der Waals surface area contributed by atoms with Crippen LogP contribution in [0.15, 0.2) is 59.6 Å². The smallest absolute Gasteiger partial charge is 0.257 e. The van der Waals surface area contributed by atoms with Gasteiger partial charge in [0.1, 0.15) is 10.7 Å². The highest BCUT2D eigenvalue weighted by atomic mass is 35.5. The molecule has 1 aliphatic heterocycles. The summed E-state index contributed by atoms with van der Waals surface area (Å²) in [5.41, 5.74) is 1.48. The molecular formula is C20H18ClFN4O3S. The van der Waals surface area contributed by atoms with Crippen LogP contribution in [0.2, 0.25) is 5.02 Å². The molecule has 1 aliphatic rings. The molecule has 0 spiro atoms. The number of amides is 1. The summed E-state index contributed by atoms with van der Waals surface area (Å²) in [6.07, 6.45) is 1.42. The van der Waals surface area contributed by atoms with Crippen LogP contribution in [0.4, 0.5) is 4.39 Å². The number of nitrogens with one attached hydrogen (secondary N) is 1. The van der Waals surface area contributed by atoms with Gasteiger partial charge in [-0.05, 0) is 36.4 Å². The van der Waals surface area contributed by atoms with Crippen LogP contribution >= 0.6 is 11.6 Å². The summed E-state index contributed by atoms with van der Waals surface area (Å²) in [6, 6.07) is 12.0. The van der Waals surface area contributed by atoms with Crippen LogP contribution in [0.3, 0.4) is 0 Å². The summed E-state index contributed by atoms with van der Waals surface area (Å²) in [6.45, 7) is 0.777. The highest BCUT2D eigenvalue weighted by Crippen LogP contribution is 2.26. The molecular weight excluding hydrogens is 431 g/mol. The minimum atomic E-state index is -3.74. The van der Waals surface area contributed by atoms with Crippen LogP contribution in [-0.2, 0) is 10.0 Å². The van der Waals surface area contributed by atoms with Gasteiger partial charge in [-0.15, -0.1) is 0 Å². The molecule has 0 aliphatic carbocycles. The zero-order valence-electron chi connectivity index (χ0n) is 15.8. The molecule has 2 aromatic carbocycles. The van der Waals surface area contributed by atoms with Crippen LogP contribution in [0.5, 0.6) is 0 Å². The quantitative estimate of drug-likeness (QED) is 0.664. The fraction of sp³-hybridized carbons (Fsp3) is 0.200. The number of hydrogen-bond donors (Lipinski definition) is 1. The third kappa shape index (κ3) is 3.83. The average molecular weight is 449 g/mol. The fourth-order valence-electron chi connectivity index (χ4n) is 3.38. The van der Waals surface area contributed by atoms with Gasteiger partial charge in [-0.25, -0.2) is 12.8 Å². The maximum absolute atomic E-state index is 13.2. The van der Waals surface area contributed by atoms with E-state index < -0.39 is 10.0 Å². The SMILES string of the molecule is O=C(c1cn[nH]c1-c1ccc(F)cc1)N1CCN(S(=O)(=O)c2ccccc2Cl)CC1. The summed E-state index contributed by atoms with van der Waals surface area (Å²) in [5, 5.41) is 6.90. The lowest BCUT2D eigenvalue weighted by Crippen LogP contribution is -2.50.